The standard InChI is InChI=1S/C17H16FN3OS/c18-12-1-3-13(4-2-12)22-14-5-8-21(9-6-14)16-15-7-10-23-17(15)20-11-19-16/h1-4,7,10-11,14H,5-6,8-9H2. The van der Waals surface area contributed by atoms with E-state index in [0.29, 0.717) is 0 Å². The molecule has 118 valence electrons. The first-order chi connectivity index (χ1) is 11.3. The molecule has 1 aromatic carbocycles. The molecule has 0 saturated carbocycles. The maximum atomic E-state index is 12.9. The van der Waals surface area contributed by atoms with Crippen molar-refractivity contribution in [3.05, 3.63) is 47.9 Å². The van der Waals surface area contributed by atoms with Crippen molar-refractivity contribution in [1.29, 1.82) is 0 Å². The molecule has 3 heterocycles. The van der Waals surface area contributed by atoms with Gasteiger partial charge >= 0.3 is 0 Å². The molecule has 1 saturated heterocycles. The number of nitrogens with zero attached hydrogens (tertiary/aromatic N) is 3. The number of benzene rings is 1. The number of fused-ring (bicyclic) bond motifs is 1. The fourth-order valence-electron chi connectivity index (χ4n) is 2.92. The first kappa shape index (κ1) is 14.4. The van der Waals surface area contributed by atoms with Gasteiger partial charge in [-0.25, -0.2) is 14.4 Å². The van der Waals surface area contributed by atoms with Crippen LogP contribution in [0.2, 0.25) is 0 Å². The maximum Gasteiger partial charge on any atom is 0.140 e. The van der Waals surface area contributed by atoms with Crippen LogP contribution in [0.1, 0.15) is 12.8 Å². The van der Waals surface area contributed by atoms with Crippen LogP contribution < -0.4 is 9.64 Å². The first-order valence-electron chi connectivity index (χ1n) is 7.65. The predicted molar refractivity (Wildman–Crippen MR) is 89.7 cm³/mol. The highest BCUT2D eigenvalue weighted by Crippen LogP contribution is 2.29. The zero-order valence-corrected chi connectivity index (χ0v) is 13.3. The molecule has 0 spiro atoms. The van der Waals surface area contributed by atoms with Crippen molar-refractivity contribution in [3.8, 4) is 5.75 Å². The monoisotopic (exact) mass is 329 g/mol. The fraction of sp³-hybridized carbons (Fsp3) is 0.294. The predicted octanol–water partition coefficient (Wildman–Crippen LogP) is 3.88. The van der Waals surface area contributed by atoms with Crippen LogP contribution in [0.4, 0.5) is 10.2 Å². The van der Waals surface area contributed by atoms with Gasteiger partial charge in [-0.2, -0.15) is 0 Å². The Labute approximate surface area is 137 Å². The molecule has 0 N–H and O–H groups in total. The van der Waals surface area contributed by atoms with Gasteiger partial charge in [-0.3, -0.25) is 0 Å². The van der Waals surface area contributed by atoms with Crippen LogP contribution in [0.25, 0.3) is 10.2 Å². The lowest BCUT2D eigenvalue weighted by atomic mass is 10.1. The smallest absolute Gasteiger partial charge is 0.140 e. The van der Waals surface area contributed by atoms with Gasteiger partial charge in [-0.05, 0) is 35.7 Å². The molecule has 1 fully saturated rings. The van der Waals surface area contributed by atoms with Crippen molar-refractivity contribution >= 4 is 27.4 Å². The summed E-state index contributed by atoms with van der Waals surface area (Å²) >= 11 is 1.64. The lowest BCUT2D eigenvalue weighted by molar-refractivity contribution is 0.170. The molecule has 2 aromatic heterocycles. The third-order valence-electron chi connectivity index (χ3n) is 4.10. The van der Waals surface area contributed by atoms with E-state index in [-0.39, 0.29) is 11.9 Å². The molecule has 0 unspecified atom stereocenters. The molecular weight excluding hydrogens is 313 g/mol. The number of hydrogen-bond acceptors (Lipinski definition) is 5. The third kappa shape index (κ3) is 2.99. The summed E-state index contributed by atoms with van der Waals surface area (Å²) in [6.45, 7) is 1.79. The topological polar surface area (TPSA) is 38.2 Å². The van der Waals surface area contributed by atoms with Gasteiger partial charge in [0.1, 0.15) is 34.6 Å². The van der Waals surface area contributed by atoms with E-state index in [4.69, 9.17) is 4.74 Å². The first-order valence-corrected chi connectivity index (χ1v) is 8.53. The average Bonchev–Trinajstić information content (AvgIpc) is 3.06. The van der Waals surface area contributed by atoms with Gasteiger partial charge in [-0.1, -0.05) is 0 Å². The van der Waals surface area contributed by atoms with Gasteiger partial charge in [-0.15, -0.1) is 11.3 Å². The van der Waals surface area contributed by atoms with E-state index in [2.05, 4.69) is 20.9 Å². The Kier molecular flexibility index (Phi) is 3.83. The summed E-state index contributed by atoms with van der Waals surface area (Å²) in [6.07, 6.45) is 3.64. The lowest BCUT2D eigenvalue weighted by Crippen LogP contribution is -2.38. The number of piperidine rings is 1. The van der Waals surface area contributed by atoms with Gasteiger partial charge in [0.15, 0.2) is 0 Å². The van der Waals surface area contributed by atoms with Gasteiger partial charge < -0.3 is 9.64 Å². The molecule has 1 aliphatic rings. The average molecular weight is 329 g/mol. The summed E-state index contributed by atoms with van der Waals surface area (Å²) in [4.78, 5) is 12.1. The molecule has 23 heavy (non-hydrogen) atoms. The zero-order chi connectivity index (χ0) is 15.6. The molecule has 0 radical (unpaired) electrons. The Morgan fingerprint density at radius 3 is 2.65 bits per heavy atom. The van der Waals surface area contributed by atoms with Crippen LogP contribution in [0.5, 0.6) is 5.75 Å². The molecular formula is C17H16FN3OS. The van der Waals surface area contributed by atoms with E-state index in [1.165, 1.54) is 12.1 Å². The Balaban J connectivity index is 1.43. The minimum atomic E-state index is -0.240. The fourth-order valence-corrected chi connectivity index (χ4v) is 3.65. The van der Waals surface area contributed by atoms with E-state index < -0.39 is 0 Å². The summed E-state index contributed by atoms with van der Waals surface area (Å²) in [5, 5.41) is 3.17. The molecule has 4 nitrogen and oxygen atoms in total. The molecule has 3 aromatic rings. The molecule has 0 amide bonds. The second-order valence-electron chi connectivity index (χ2n) is 5.59. The van der Waals surface area contributed by atoms with Crippen LogP contribution in [0.15, 0.2) is 42.0 Å². The van der Waals surface area contributed by atoms with Crippen molar-refractivity contribution < 1.29 is 9.13 Å². The van der Waals surface area contributed by atoms with Gasteiger partial charge in [0, 0.05) is 25.9 Å². The second kappa shape index (κ2) is 6.12. The van der Waals surface area contributed by atoms with Crippen molar-refractivity contribution in [3.63, 3.8) is 0 Å². The summed E-state index contributed by atoms with van der Waals surface area (Å²) in [7, 11) is 0. The molecule has 1 aliphatic heterocycles. The normalized spacial score (nSPS) is 16.0. The van der Waals surface area contributed by atoms with Crippen molar-refractivity contribution in [1.82, 2.24) is 9.97 Å². The summed E-state index contributed by atoms with van der Waals surface area (Å²) in [6, 6.07) is 8.30. The molecule has 0 aliphatic carbocycles. The Hall–Kier alpha value is -2.21. The Morgan fingerprint density at radius 2 is 1.87 bits per heavy atom. The van der Waals surface area contributed by atoms with Crippen LogP contribution in [0.3, 0.4) is 0 Å². The highest BCUT2D eigenvalue weighted by molar-refractivity contribution is 7.16. The summed E-state index contributed by atoms with van der Waals surface area (Å²) < 4.78 is 18.9. The van der Waals surface area contributed by atoms with Gasteiger partial charge in [0.05, 0.1) is 5.39 Å². The van der Waals surface area contributed by atoms with Crippen LogP contribution in [-0.4, -0.2) is 29.2 Å². The second-order valence-corrected chi connectivity index (χ2v) is 6.49. The SMILES string of the molecule is Fc1ccc(OC2CCN(c3ncnc4sccc34)CC2)cc1. The number of thiophene rings is 1. The number of aromatic nitrogens is 2. The molecule has 0 bridgehead atoms. The van der Waals surface area contributed by atoms with E-state index in [9.17, 15) is 4.39 Å². The largest absolute Gasteiger partial charge is 0.490 e. The van der Waals surface area contributed by atoms with Crippen LogP contribution >= 0.6 is 11.3 Å². The van der Waals surface area contributed by atoms with Crippen molar-refractivity contribution in [2.45, 2.75) is 18.9 Å². The van der Waals surface area contributed by atoms with E-state index >= 15 is 0 Å². The van der Waals surface area contributed by atoms with E-state index in [1.807, 2.05) is 5.38 Å². The minimum Gasteiger partial charge on any atom is -0.490 e. The highest BCUT2D eigenvalue weighted by atomic mass is 32.1. The zero-order valence-electron chi connectivity index (χ0n) is 12.5. The van der Waals surface area contributed by atoms with E-state index in [0.717, 1.165) is 47.7 Å². The Bertz CT molecular complexity index is 797. The molecule has 4 rings (SSSR count). The number of anilines is 1. The highest BCUT2D eigenvalue weighted by Gasteiger charge is 2.23. The van der Waals surface area contributed by atoms with Crippen molar-refractivity contribution in [2.75, 3.05) is 18.0 Å². The molecule has 6 heteroatoms. The summed E-state index contributed by atoms with van der Waals surface area (Å²) in [5.74, 6) is 1.50. The van der Waals surface area contributed by atoms with Crippen LogP contribution in [0, 0.1) is 5.82 Å². The van der Waals surface area contributed by atoms with Gasteiger partial charge in [0.2, 0.25) is 0 Å². The Morgan fingerprint density at radius 1 is 1.09 bits per heavy atom. The lowest BCUT2D eigenvalue weighted by Gasteiger charge is -2.33. The van der Waals surface area contributed by atoms with E-state index in [1.54, 1.807) is 29.8 Å². The minimum absolute atomic E-state index is 0.163. The number of rotatable bonds is 3. The van der Waals surface area contributed by atoms with Crippen molar-refractivity contribution in [2.24, 2.45) is 0 Å². The number of hydrogen-bond donors (Lipinski definition) is 0. The summed E-state index contributed by atoms with van der Waals surface area (Å²) in [5.41, 5.74) is 0. The van der Waals surface area contributed by atoms with Crippen LogP contribution in [-0.2, 0) is 0 Å². The molecule has 0 atom stereocenters. The van der Waals surface area contributed by atoms with Gasteiger partial charge in [0.25, 0.3) is 0 Å². The third-order valence-corrected chi connectivity index (χ3v) is 4.92. The quantitative estimate of drug-likeness (QED) is 0.731. The number of halogens is 1. The maximum absolute atomic E-state index is 12.9. The number of ether oxygens (including phenoxy) is 1.